The van der Waals surface area contributed by atoms with E-state index in [1.165, 1.54) is 0 Å². The second kappa shape index (κ2) is 5.84. The number of carboxylic acid groups (broad SMARTS) is 1. The molecular weight excluding hydrogens is 208 g/mol. The van der Waals surface area contributed by atoms with Gasteiger partial charge in [-0.2, -0.15) is 0 Å². The first-order valence-corrected chi connectivity index (χ1v) is 5.82. The molecule has 0 aliphatic heterocycles. The summed E-state index contributed by atoms with van der Waals surface area (Å²) in [4.78, 5) is 24.1. The number of aliphatic carboxylic acids is 1. The molecule has 92 valence electrons. The lowest BCUT2D eigenvalue weighted by atomic mass is 10.0. The van der Waals surface area contributed by atoms with Crippen molar-refractivity contribution in [1.29, 1.82) is 0 Å². The van der Waals surface area contributed by atoms with E-state index in [1.54, 1.807) is 4.90 Å². The summed E-state index contributed by atoms with van der Waals surface area (Å²) in [7, 11) is 0. The first-order chi connectivity index (χ1) is 7.56. The molecule has 2 unspecified atom stereocenters. The fourth-order valence-electron chi connectivity index (χ4n) is 2.18. The van der Waals surface area contributed by atoms with Gasteiger partial charge in [-0.3, -0.25) is 9.59 Å². The molecule has 1 rings (SSSR count). The Hall–Kier alpha value is -1.10. The molecule has 2 atom stereocenters. The van der Waals surface area contributed by atoms with Crippen molar-refractivity contribution in [3.8, 4) is 0 Å². The van der Waals surface area contributed by atoms with E-state index in [1.807, 2.05) is 6.92 Å². The topological polar surface area (TPSA) is 83.6 Å². The van der Waals surface area contributed by atoms with Crippen LogP contribution in [0.3, 0.4) is 0 Å². The minimum Gasteiger partial charge on any atom is -0.481 e. The molecule has 0 spiro atoms. The first kappa shape index (κ1) is 13.0. The standard InChI is InChI=1S/C11H20N2O3/c1-2-13(7-6-10(14)15)11(16)8-4-3-5-9(8)12/h8-9H,2-7,12H2,1H3,(H,14,15). The fourth-order valence-corrected chi connectivity index (χ4v) is 2.18. The van der Waals surface area contributed by atoms with Gasteiger partial charge < -0.3 is 15.7 Å². The van der Waals surface area contributed by atoms with Gasteiger partial charge in [-0.15, -0.1) is 0 Å². The van der Waals surface area contributed by atoms with Gasteiger partial charge in [0.25, 0.3) is 0 Å². The maximum absolute atomic E-state index is 12.1. The molecule has 0 aromatic rings. The fraction of sp³-hybridized carbons (Fsp3) is 0.818. The van der Waals surface area contributed by atoms with Gasteiger partial charge in [-0.1, -0.05) is 6.42 Å². The monoisotopic (exact) mass is 228 g/mol. The Balaban J connectivity index is 2.51. The van der Waals surface area contributed by atoms with Crippen LogP contribution in [0.4, 0.5) is 0 Å². The summed E-state index contributed by atoms with van der Waals surface area (Å²) in [6.07, 6.45) is 2.73. The van der Waals surface area contributed by atoms with Crippen molar-refractivity contribution < 1.29 is 14.7 Å². The highest BCUT2D eigenvalue weighted by molar-refractivity contribution is 5.80. The van der Waals surface area contributed by atoms with E-state index in [0.29, 0.717) is 6.54 Å². The van der Waals surface area contributed by atoms with Crippen molar-refractivity contribution >= 4 is 11.9 Å². The normalized spacial score (nSPS) is 24.4. The quantitative estimate of drug-likeness (QED) is 0.715. The van der Waals surface area contributed by atoms with Crippen LogP contribution < -0.4 is 5.73 Å². The summed E-state index contributed by atoms with van der Waals surface area (Å²) in [6.45, 7) is 2.70. The predicted molar refractivity (Wildman–Crippen MR) is 59.8 cm³/mol. The largest absolute Gasteiger partial charge is 0.481 e. The van der Waals surface area contributed by atoms with Crippen LogP contribution in [0.1, 0.15) is 32.6 Å². The molecule has 5 heteroatoms. The van der Waals surface area contributed by atoms with Crippen molar-refractivity contribution in [2.24, 2.45) is 11.7 Å². The number of hydrogen-bond acceptors (Lipinski definition) is 3. The smallest absolute Gasteiger partial charge is 0.305 e. The van der Waals surface area contributed by atoms with Gasteiger partial charge in [0.15, 0.2) is 0 Å². The molecule has 1 aliphatic rings. The number of rotatable bonds is 5. The molecule has 1 fully saturated rings. The van der Waals surface area contributed by atoms with Crippen LogP contribution in [0.2, 0.25) is 0 Å². The van der Waals surface area contributed by atoms with Crippen LogP contribution >= 0.6 is 0 Å². The lowest BCUT2D eigenvalue weighted by molar-refractivity contribution is -0.139. The molecule has 1 aliphatic carbocycles. The maximum Gasteiger partial charge on any atom is 0.305 e. The second-order valence-electron chi connectivity index (χ2n) is 4.26. The lowest BCUT2D eigenvalue weighted by Gasteiger charge is -2.25. The summed E-state index contributed by atoms with van der Waals surface area (Å²) >= 11 is 0. The van der Waals surface area contributed by atoms with E-state index in [9.17, 15) is 9.59 Å². The van der Waals surface area contributed by atoms with Gasteiger partial charge in [0.1, 0.15) is 0 Å². The van der Waals surface area contributed by atoms with E-state index in [0.717, 1.165) is 19.3 Å². The summed E-state index contributed by atoms with van der Waals surface area (Å²) in [5.41, 5.74) is 5.86. The molecule has 0 heterocycles. The Labute approximate surface area is 95.6 Å². The Kier molecular flexibility index (Phi) is 4.73. The minimum atomic E-state index is -0.873. The Morgan fingerprint density at radius 1 is 1.44 bits per heavy atom. The average Bonchev–Trinajstić information content (AvgIpc) is 2.64. The molecule has 0 radical (unpaired) electrons. The van der Waals surface area contributed by atoms with Gasteiger partial charge in [0.05, 0.1) is 12.3 Å². The average molecular weight is 228 g/mol. The van der Waals surface area contributed by atoms with Crippen molar-refractivity contribution in [2.75, 3.05) is 13.1 Å². The Morgan fingerprint density at radius 3 is 2.56 bits per heavy atom. The SMILES string of the molecule is CCN(CCC(=O)O)C(=O)C1CCCC1N. The zero-order chi connectivity index (χ0) is 12.1. The van der Waals surface area contributed by atoms with Gasteiger partial charge >= 0.3 is 5.97 Å². The molecule has 0 bridgehead atoms. The molecule has 1 saturated carbocycles. The molecular formula is C11H20N2O3. The molecule has 1 amide bonds. The summed E-state index contributed by atoms with van der Waals surface area (Å²) < 4.78 is 0. The third kappa shape index (κ3) is 3.20. The van der Waals surface area contributed by atoms with Crippen molar-refractivity contribution in [1.82, 2.24) is 4.90 Å². The number of nitrogens with zero attached hydrogens (tertiary/aromatic N) is 1. The van der Waals surface area contributed by atoms with Gasteiger partial charge in [-0.05, 0) is 19.8 Å². The van der Waals surface area contributed by atoms with Crippen molar-refractivity contribution in [3.05, 3.63) is 0 Å². The van der Waals surface area contributed by atoms with Crippen LogP contribution in [0.25, 0.3) is 0 Å². The number of carbonyl (C=O) groups is 2. The van der Waals surface area contributed by atoms with Crippen LogP contribution in [-0.2, 0) is 9.59 Å². The van der Waals surface area contributed by atoms with E-state index in [4.69, 9.17) is 10.8 Å². The number of carbonyl (C=O) groups excluding carboxylic acids is 1. The van der Waals surface area contributed by atoms with Gasteiger partial charge in [-0.25, -0.2) is 0 Å². The first-order valence-electron chi connectivity index (χ1n) is 5.82. The van der Waals surface area contributed by atoms with E-state index in [-0.39, 0.29) is 30.8 Å². The van der Waals surface area contributed by atoms with Crippen molar-refractivity contribution in [3.63, 3.8) is 0 Å². The molecule has 0 saturated heterocycles. The third-order valence-corrected chi connectivity index (χ3v) is 3.18. The highest BCUT2D eigenvalue weighted by Gasteiger charge is 2.32. The zero-order valence-electron chi connectivity index (χ0n) is 9.69. The predicted octanol–water partition coefficient (Wildman–Crippen LogP) is 0.437. The van der Waals surface area contributed by atoms with E-state index >= 15 is 0 Å². The highest BCUT2D eigenvalue weighted by Crippen LogP contribution is 2.25. The summed E-state index contributed by atoms with van der Waals surface area (Å²) in [5, 5.41) is 8.59. The molecule has 5 nitrogen and oxygen atoms in total. The lowest BCUT2D eigenvalue weighted by Crippen LogP contribution is -2.42. The van der Waals surface area contributed by atoms with E-state index in [2.05, 4.69) is 0 Å². The minimum absolute atomic E-state index is 0.00153. The number of carboxylic acids is 1. The van der Waals surface area contributed by atoms with E-state index < -0.39 is 5.97 Å². The van der Waals surface area contributed by atoms with Gasteiger partial charge in [0.2, 0.25) is 5.91 Å². The van der Waals surface area contributed by atoms with Gasteiger partial charge in [0, 0.05) is 19.1 Å². The third-order valence-electron chi connectivity index (χ3n) is 3.18. The summed E-state index contributed by atoms with van der Waals surface area (Å²) in [5.74, 6) is -0.954. The number of hydrogen-bond donors (Lipinski definition) is 2. The highest BCUT2D eigenvalue weighted by atomic mass is 16.4. The van der Waals surface area contributed by atoms with Crippen LogP contribution in [0, 0.1) is 5.92 Å². The van der Waals surface area contributed by atoms with Crippen LogP contribution in [0.5, 0.6) is 0 Å². The number of amides is 1. The zero-order valence-corrected chi connectivity index (χ0v) is 9.69. The Bertz CT molecular complexity index is 268. The summed E-state index contributed by atoms with van der Waals surface area (Å²) in [6, 6.07) is -0.0496. The van der Waals surface area contributed by atoms with Crippen LogP contribution in [-0.4, -0.2) is 41.0 Å². The molecule has 16 heavy (non-hydrogen) atoms. The van der Waals surface area contributed by atoms with Crippen molar-refractivity contribution in [2.45, 2.75) is 38.6 Å². The Morgan fingerprint density at radius 2 is 2.12 bits per heavy atom. The number of nitrogens with two attached hydrogens (primary N) is 1. The second-order valence-corrected chi connectivity index (χ2v) is 4.26. The molecule has 0 aromatic heterocycles. The molecule has 3 N–H and O–H groups in total. The van der Waals surface area contributed by atoms with Crippen LogP contribution in [0.15, 0.2) is 0 Å². The maximum atomic E-state index is 12.1. The molecule has 0 aromatic carbocycles.